The third-order valence-corrected chi connectivity index (χ3v) is 2.78. The Morgan fingerprint density at radius 3 is 3.40 bits per heavy atom. The number of hydrogen-bond acceptors (Lipinski definition) is 3. The van der Waals surface area contributed by atoms with Crippen molar-refractivity contribution in [3.8, 4) is 0 Å². The van der Waals surface area contributed by atoms with E-state index in [0.717, 1.165) is 18.1 Å². The molecule has 1 N–H and O–H groups in total. The van der Waals surface area contributed by atoms with E-state index in [1.807, 2.05) is 10.4 Å². The minimum atomic E-state index is 0.0404. The van der Waals surface area contributed by atoms with Crippen molar-refractivity contribution in [3.05, 3.63) is 11.5 Å². The van der Waals surface area contributed by atoms with Crippen molar-refractivity contribution in [2.45, 2.75) is 0 Å². The van der Waals surface area contributed by atoms with Crippen molar-refractivity contribution in [1.29, 1.82) is 0 Å². The molecule has 0 radical (unpaired) electrons. The average Bonchev–Trinajstić information content (AvgIpc) is 2.05. The van der Waals surface area contributed by atoms with Gasteiger partial charge in [0.15, 0.2) is 5.82 Å². The van der Waals surface area contributed by atoms with Crippen LogP contribution in [0.25, 0.3) is 0 Å². The molecule has 0 aliphatic carbocycles. The van der Waals surface area contributed by atoms with Crippen molar-refractivity contribution >= 4 is 35.2 Å². The number of aliphatic imine (C=N–C) groups is 2. The van der Waals surface area contributed by atoms with Gasteiger partial charge in [-0.2, -0.15) is 0 Å². The highest BCUT2D eigenvalue weighted by atomic mass is 127. The highest BCUT2D eigenvalue weighted by Gasteiger charge is 2.06. The van der Waals surface area contributed by atoms with E-state index < -0.39 is 0 Å². The zero-order chi connectivity index (χ0) is 6.81. The molecule has 3 nitrogen and oxygen atoms in total. The van der Waals surface area contributed by atoms with Crippen molar-refractivity contribution in [3.63, 3.8) is 0 Å². The summed E-state index contributed by atoms with van der Waals surface area (Å²) in [6.07, 6.45) is 1.87. The molecule has 2 rings (SSSR count). The van der Waals surface area contributed by atoms with Gasteiger partial charge in [0.05, 0.1) is 10.8 Å². The summed E-state index contributed by atoms with van der Waals surface area (Å²) in [5.74, 6) is 0.938. The summed E-state index contributed by atoms with van der Waals surface area (Å²) in [5.41, 5.74) is 1.03. The van der Waals surface area contributed by atoms with Crippen LogP contribution in [0.5, 0.6) is 0 Å². The zero-order valence-electron chi connectivity index (χ0n) is 5.21. The first-order valence-corrected chi connectivity index (χ1v) is 5.44. The Labute approximate surface area is 68.7 Å². The van der Waals surface area contributed by atoms with Gasteiger partial charge in [-0.3, -0.25) is 4.99 Å². The van der Waals surface area contributed by atoms with Crippen molar-refractivity contribution in [2.24, 2.45) is 9.98 Å². The predicted octanol–water partition coefficient (Wildman–Crippen LogP) is 0.644. The fourth-order valence-electron chi connectivity index (χ4n) is 0.794. The number of rotatable bonds is 0. The Hall–Kier alpha value is -0.520. The van der Waals surface area contributed by atoms with Gasteiger partial charge in [-0.25, -0.2) is 4.99 Å². The molecule has 0 fully saturated rings. The third kappa shape index (κ3) is 1.03. The fourth-order valence-corrected chi connectivity index (χ4v) is 2.19. The first-order valence-electron chi connectivity index (χ1n) is 2.95. The van der Waals surface area contributed by atoms with Crippen LogP contribution >= 0.6 is 20.7 Å². The van der Waals surface area contributed by atoms with Crippen molar-refractivity contribution < 1.29 is 0 Å². The highest BCUT2D eigenvalue weighted by molar-refractivity contribution is 14.2. The SMILES string of the molecule is C1=NC2=C(N=CI=C2)NC1. The number of halogens is 1. The molecule has 0 aromatic carbocycles. The molecule has 4 heteroatoms. The molecule has 2 aliphatic heterocycles. The number of nitrogens with zero attached hydrogens (tertiary/aromatic N) is 2. The maximum atomic E-state index is 4.20. The van der Waals surface area contributed by atoms with Gasteiger partial charge in [0.1, 0.15) is 5.70 Å². The molecule has 2 aliphatic rings. The minimum Gasteiger partial charge on any atom is -0.363 e. The Morgan fingerprint density at radius 2 is 2.50 bits per heavy atom. The van der Waals surface area contributed by atoms with Crippen LogP contribution in [0.1, 0.15) is 0 Å². The van der Waals surface area contributed by atoms with E-state index >= 15 is 0 Å². The Morgan fingerprint density at radius 1 is 1.50 bits per heavy atom. The van der Waals surface area contributed by atoms with E-state index in [9.17, 15) is 0 Å². The summed E-state index contributed by atoms with van der Waals surface area (Å²) in [6.45, 7) is 0.808. The molecule has 0 aromatic heterocycles. The quantitative estimate of drug-likeness (QED) is 0.627. The molecule has 0 spiro atoms. The monoisotopic (exact) mass is 247 g/mol. The minimum absolute atomic E-state index is 0.0404. The van der Waals surface area contributed by atoms with Crippen LogP contribution in [0.4, 0.5) is 0 Å². The van der Waals surface area contributed by atoms with Crippen LogP contribution in [0, 0.1) is 0 Å². The molecule has 10 heavy (non-hydrogen) atoms. The normalized spacial score (nSPS) is 21.6. The van der Waals surface area contributed by atoms with Crippen LogP contribution in [-0.2, 0) is 0 Å². The second-order valence-electron chi connectivity index (χ2n) is 1.89. The topological polar surface area (TPSA) is 36.8 Å². The smallest absolute Gasteiger partial charge is 0.153 e. The zero-order valence-corrected chi connectivity index (χ0v) is 7.37. The summed E-state index contributed by atoms with van der Waals surface area (Å²) in [5, 5.41) is 3.14. The molecule has 0 aromatic rings. The summed E-state index contributed by atoms with van der Waals surface area (Å²) < 4.78 is 4.16. The lowest BCUT2D eigenvalue weighted by Gasteiger charge is -2.11. The van der Waals surface area contributed by atoms with Crippen molar-refractivity contribution in [2.75, 3.05) is 6.54 Å². The summed E-state index contributed by atoms with van der Waals surface area (Å²) in [6, 6.07) is 0. The largest absolute Gasteiger partial charge is 0.363 e. The van der Waals surface area contributed by atoms with E-state index in [0.29, 0.717) is 0 Å². The molecule has 0 saturated heterocycles. The Bertz CT molecular complexity index is 262. The molecular formula is C6H6IN3. The van der Waals surface area contributed by atoms with Crippen molar-refractivity contribution in [1.82, 2.24) is 5.32 Å². The van der Waals surface area contributed by atoms with Gasteiger partial charge in [-0.05, 0) is 0 Å². The summed E-state index contributed by atoms with van der Waals surface area (Å²) in [7, 11) is 0. The van der Waals surface area contributed by atoms with Gasteiger partial charge < -0.3 is 5.32 Å². The number of hydrogen-bond donors (Lipinski definition) is 1. The molecule has 2 heterocycles. The van der Waals surface area contributed by atoms with E-state index in [4.69, 9.17) is 0 Å². The maximum Gasteiger partial charge on any atom is 0.153 e. The molecule has 0 unspecified atom stereocenters. The lowest BCUT2D eigenvalue weighted by molar-refractivity contribution is 0.888. The third-order valence-electron chi connectivity index (χ3n) is 1.23. The second-order valence-corrected chi connectivity index (χ2v) is 3.79. The van der Waals surface area contributed by atoms with Crippen LogP contribution in [0.15, 0.2) is 21.5 Å². The molecule has 0 saturated carbocycles. The molecular weight excluding hydrogens is 241 g/mol. The van der Waals surface area contributed by atoms with E-state index in [-0.39, 0.29) is 20.7 Å². The van der Waals surface area contributed by atoms with Crippen LogP contribution in [-0.4, -0.2) is 21.0 Å². The van der Waals surface area contributed by atoms with Crippen LogP contribution in [0.2, 0.25) is 0 Å². The van der Waals surface area contributed by atoms with Crippen LogP contribution in [0.3, 0.4) is 0 Å². The standard InChI is InChI=1S/C6H6IN3/c1-2-9-6-5(8-1)3-7-4-10-6/h1,3-4H,2H2,(H,9,10). The highest BCUT2D eigenvalue weighted by Crippen LogP contribution is 2.12. The number of allylic oxidation sites excluding steroid dienone is 1. The van der Waals surface area contributed by atoms with E-state index in [2.05, 4.69) is 19.3 Å². The Balaban J connectivity index is 2.43. The Kier molecular flexibility index (Phi) is 1.62. The van der Waals surface area contributed by atoms with E-state index in [1.165, 1.54) is 0 Å². The van der Waals surface area contributed by atoms with Gasteiger partial charge in [0, 0.05) is 10.2 Å². The van der Waals surface area contributed by atoms with Gasteiger partial charge in [0.25, 0.3) is 0 Å². The predicted molar refractivity (Wildman–Crippen MR) is 52.1 cm³/mol. The second kappa shape index (κ2) is 2.61. The van der Waals surface area contributed by atoms with E-state index in [1.54, 1.807) is 0 Å². The lowest BCUT2D eigenvalue weighted by Crippen LogP contribution is -2.21. The first kappa shape index (κ1) is 6.21. The number of nitrogens with one attached hydrogen (secondary N) is 1. The van der Waals surface area contributed by atoms with Gasteiger partial charge in [0.2, 0.25) is 0 Å². The molecule has 0 bridgehead atoms. The first-order chi connectivity index (χ1) is 4.97. The molecule has 0 amide bonds. The van der Waals surface area contributed by atoms with Gasteiger partial charge in [-0.1, -0.05) is 20.7 Å². The molecule has 0 atom stereocenters. The average molecular weight is 247 g/mol. The summed E-state index contributed by atoms with van der Waals surface area (Å²) >= 11 is 0.0404. The van der Waals surface area contributed by atoms with Gasteiger partial charge in [-0.15, -0.1) is 0 Å². The van der Waals surface area contributed by atoms with Gasteiger partial charge >= 0.3 is 0 Å². The lowest BCUT2D eigenvalue weighted by atomic mass is 10.4. The fraction of sp³-hybridized carbons (Fsp3) is 0.167. The summed E-state index contributed by atoms with van der Waals surface area (Å²) in [4.78, 5) is 8.40. The molecule has 52 valence electrons. The maximum absolute atomic E-state index is 4.20. The van der Waals surface area contributed by atoms with Crippen LogP contribution < -0.4 is 5.32 Å².